The van der Waals surface area contributed by atoms with Crippen LogP contribution in [-0.2, 0) is 10.0 Å². The summed E-state index contributed by atoms with van der Waals surface area (Å²) in [5.74, 6) is 0.835. The lowest BCUT2D eigenvalue weighted by Crippen LogP contribution is -2.46. The molecule has 0 aromatic carbocycles. The van der Waals surface area contributed by atoms with Crippen molar-refractivity contribution >= 4 is 21.8 Å². The first-order valence-corrected chi connectivity index (χ1v) is 8.32. The van der Waals surface area contributed by atoms with Gasteiger partial charge in [0.05, 0.1) is 11.4 Å². The molecule has 2 rings (SSSR count). The summed E-state index contributed by atoms with van der Waals surface area (Å²) in [5, 5.41) is 6.72. The largest absolute Gasteiger partial charge is 0.281 e. The molecule has 1 aliphatic heterocycles. The molecule has 1 aromatic heterocycles. The van der Waals surface area contributed by atoms with Crippen LogP contribution in [0.15, 0.2) is 4.90 Å². The fourth-order valence-corrected chi connectivity index (χ4v) is 5.47. The van der Waals surface area contributed by atoms with Crippen molar-refractivity contribution in [2.75, 3.05) is 18.8 Å². The van der Waals surface area contributed by atoms with Crippen molar-refractivity contribution in [1.82, 2.24) is 14.5 Å². The molecule has 0 unspecified atom stereocenters. The maximum absolute atomic E-state index is 12.6. The fourth-order valence-electron chi connectivity index (χ4n) is 2.23. The van der Waals surface area contributed by atoms with Gasteiger partial charge in [-0.2, -0.15) is 21.2 Å². The standard InChI is InChI=1S/C11H19N3O2S2/c1-8-10(9(2)13-12-8)18(15,16)14-5-6-17-11(3,4)7-14/h5-7H2,1-4H3,(H,12,13). The number of sulfonamides is 1. The van der Waals surface area contributed by atoms with E-state index in [4.69, 9.17) is 0 Å². The van der Waals surface area contributed by atoms with Crippen molar-refractivity contribution in [1.29, 1.82) is 0 Å². The monoisotopic (exact) mass is 289 g/mol. The maximum atomic E-state index is 12.6. The first kappa shape index (κ1) is 13.9. The zero-order valence-corrected chi connectivity index (χ0v) is 12.8. The number of aryl methyl sites for hydroxylation is 2. The number of thioether (sulfide) groups is 1. The molecule has 2 heterocycles. The van der Waals surface area contributed by atoms with Crippen LogP contribution in [0.1, 0.15) is 25.2 Å². The first-order valence-electron chi connectivity index (χ1n) is 5.90. The van der Waals surface area contributed by atoms with Crippen molar-refractivity contribution in [2.45, 2.75) is 37.3 Å². The van der Waals surface area contributed by atoms with Crippen LogP contribution < -0.4 is 0 Å². The van der Waals surface area contributed by atoms with Gasteiger partial charge in [0.25, 0.3) is 0 Å². The van der Waals surface area contributed by atoms with E-state index in [1.54, 1.807) is 18.2 Å². The summed E-state index contributed by atoms with van der Waals surface area (Å²) in [6.07, 6.45) is 0. The third-order valence-corrected chi connectivity index (χ3v) is 6.46. The minimum absolute atomic E-state index is 0.0309. The van der Waals surface area contributed by atoms with E-state index in [9.17, 15) is 8.42 Å². The molecule has 7 heteroatoms. The van der Waals surface area contributed by atoms with Gasteiger partial charge in [0.2, 0.25) is 10.0 Å². The van der Waals surface area contributed by atoms with Gasteiger partial charge in [0.1, 0.15) is 4.90 Å². The number of rotatable bonds is 2. The van der Waals surface area contributed by atoms with Gasteiger partial charge in [-0.25, -0.2) is 8.42 Å². The van der Waals surface area contributed by atoms with E-state index in [0.29, 0.717) is 29.4 Å². The Kier molecular flexibility index (Phi) is 3.50. The predicted octanol–water partition coefficient (Wildman–Crippen LogP) is 1.54. The minimum atomic E-state index is -3.42. The lowest BCUT2D eigenvalue weighted by atomic mass is 10.2. The Morgan fingerprint density at radius 2 is 2.06 bits per heavy atom. The number of H-pyrrole nitrogens is 1. The van der Waals surface area contributed by atoms with Gasteiger partial charge < -0.3 is 0 Å². The summed E-state index contributed by atoms with van der Waals surface area (Å²) in [4.78, 5) is 0.338. The smallest absolute Gasteiger partial charge is 0.246 e. The summed E-state index contributed by atoms with van der Waals surface area (Å²) in [7, 11) is -3.42. The average molecular weight is 289 g/mol. The highest BCUT2D eigenvalue weighted by Gasteiger charge is 2.36. The Morgan fingerprint density at radius 1 is 1.39 bits per heavy atom. The van der Waals surface area contributed by atoms with Crippen LogP contribution in [0.25, 0.3) is 0 Å². The number of aromatic nitrogens is 2. The van der Waals surface area contributed by atoms with Crippen molar-refractivity contribution in [3.63, 3.8) is 0 Å². The Morgan fingerprint density at radius 3 is 2.56 bits per heavy atom. The molecule has 1 fully saturated rings. The second-order valence-electron chi connectivity index (χ2n) is 5.21. The van der Waals surface area contributed by atoms with E-state index < -0.39 is 10.0 Å². The number of hydrogen-bond donors (Lipinski definition) is 1. The maximum Gasteiger partial charge on any atom is 0.246 e. The molecule has 1 aromatic rings. The topological polar surface area (TPSA) is 66.1 Å². The molecule has 0 aliphatic carbocycles. The van der Waals surface area contributed by atoms with Crippen LogP contribution in [0.4, 0.5) is 0 Å². The van der Waals surface area contributed by atoms with Crippen molar-refractivity contribution in [3.05, 3.63) is 11.4 Å². The molecule has 102 valence electrons. The molecule has 1 N–H and O–H groups in total. The summed E-state index contributed by atoms with van der Waals surface area (Å²) < 4.78 is 26.8. The van der Waals surface area contributed by atoms with Crippen LogP contribution in [0.2, 0.25) is 0 Å². The Hall–Kier alpha value is -0.530. The van der Waals surface area contributed by atoms with Gasteiger partial charge in [-0.15, -0.1) is 0 Å². The highest BCUT2D eigenvalue weighted by molar-refractivity contribution is 8.00. The molecule has 0 saturated carbocycles. The van der Waals surface area contributed by atoms with Crippen LogP contribution in [0.5, 0.6) is 0 Å². The van der Waals surface area contributed by atoms with E-state index in [1.807, 2.05) is 11.8 Å². The minimum Gasteiger partial charge on any atom is -0.281 e. The van der Waals surface area contributed by atoms with Crippen LogP contribution >= 0.6 is 11.8 Å². The third-order valence-electron chi connectivity index (χ3n) is 3.05. The van der Waals surface area contributed by atoms with Crippen molar-refractivity contribution < 1.29 is 8.42 Å². The van der Waals surface area contributed by atoms with Crippen LogP contribution in [0.3, 0.4) is 0 Å². The van der Waals surface area contributed by atoms with E-state index in [2.05, 4.69) is 24.0 Å². The summed E-state index contributed by atoms with van der Waals surface area (Å²) in [5.41, 5.74) is 1.16. The van der Waals surface area contributed by atoms with Gasteiger partial charge in [-0.05, 0) is 27.7 Å². The normalized spacial score (nSPS) is 21.1. The van der Waals surface area contributed by atoms with E-state index in [-0.39, 0.29) is 4.75 Å². The fraction of sp³-hybridized carbons (Fsp3) is 0.727. The lowest BCUT2D eigenvalue weighted by Gasteiger charge is -2.36. The summed E-state index contributed by atoms with van der Waals surface area (Å²) >= 11 is 1.82. The van der Waals surface area contributed by atoms with Crippen molar-refractivity contribution in [3.8, 4) is 0 Å². The van der Waals surface area contributed by atoms with Gasteiger partial charge >= 0.3 is 0 Å². The van der Waals surface area contributed by atoms with E-state index >= 15 is 0 Å². The molecule has 0 radical (unpaired) electrons. The predicted molar refractivity (Wildman–Crippen MR) is 73.4 cm³/mol. The van der Waals surface area contributed by atoms with Gasteiger partial charge in [-0.3, -0.25) is 5.10 Å². The molecule has 0 bridgehead atoms. The number of aromatic amines is 1. The molecule has 0 atom stereocenters. The SMILES string of the molecule is Cc1n[nH]c(C)c1S(=O)(=O)N1CCSC(C)(C)C1. The Labute approximate surface area is 112 Å². The van der Waals surface area contributed by atoms with Gasteiger partial charge in [0, 0.05) is 23.6 Å². The molecule has 1 saturated heterocycles. The number of nitrogens with zero attached hydrogens (tertiary/aromatic N) is 2. The van der Waals surface area contributed by atoms with Gasteiger partial charge in [-0.1, -0.05) is 0 Å². The molecule has 0 spiro atoms. The third kappa shape index (κ3) is 2.44. The van der Waals surface area contributed by atoms with Gasteiger partial charge in [0.15, 0.2) is 0 Å². The average Bonchev–Trinajstić information content (AvgIpc) is 2.57. The molecule has 5 nitrogen and oxygen atoms in total. The Balaban J connectivity index is 2.38. The summed E-state index contributed by atoms with van der Waals surface area (Å²) in [6, 6.07) is 0. The quantitative estimate of drug-likeness (QED) is 0.897. The second kappa shape index (κ2) is 4.54. The first-order chi connectivity index (χ1) is 8.24. The zero-order valence-electron chi connectivity index (χ0n) is 11.1. The lowest BCUT2D eigenvalue weighted by molar-refractivity contribution is 0.387. The van der Waals surface area contributed by atoms with E-state index in [1.165, 1.54) is 0 Å². The van der Waals surface area contributed by atoms with Crippen LogP contribution in [0, 0.1) is 13.8 Å². The molecule has 0 amide bonds. The van der Waals surface area contributed by atoms with Crippen LogP contribution in [-0.4, -0.2) is 46.5 Å². The highest BCUT2D eigenvalue weighted by atomic mass is 32.2. The molecule has 18 heavy (non-hydrogen) atoms. The second-order valence-corrected chi connectivity index (χ2v) is 8.89. The van der Waals surface area contributed by atoms with Crippen molar-refractivity contribution in [2.24, 2.45) is 0 Å². The molecular formula is C11H19N3O2S2. The Bertz CT molecular complexity index is 529. The highest BCUT2D eigenvalue weighted by Crippen LogP contribution is 2.33. The van der Waals surface area contributed by atoms with E-state index in [0.717, 1.165) is 5.75 Å². The number of hydrogen-bond acceptors (Lipinski definition) is 4. The summed E-state index contributed by atoms with van der Waals surface area (Å²) in [6.45, 7) is 8.74. The molecule has 1 aliphatic rings. The molecular weight excluding hydrogens is 270 g/mol. The number of nitrogens with one attached hydrogen (secondary N) is 1. The zero-order chi connectivity index (χ0) is 13.6.